The molecule has 0 radical (unpaired) electrons. The Balaban J connectivity index is 1.69. The number of hydrogen-bond donors (Lipinski definition) is 2. The molecular weight excluding hydrogens is 338 g/mol. The largest absolute Gasteiger partial charge is 0.352 e. The molecule has 3 amide bonds. The molecule has 3 N–H and O–H groups in total. The number of urea groups is 1. The summed E-state index contributed by atoms with van der Waals surface area (Å²) in [4.78, 5) is 25.8. The predicted octanol–water partition coefficient (Wildman–Crippen LogP) is 3.78. The molecule has 1 fully saturated rings. The fourth-order valence-corrected chi connectivity index (χ4v) is 3.08. The standard InChI is InChI=1S/C22H27N3O2/c1-15(2)18-7-5-17(6-8-18)14-25(20-11-12-20)21(26)19-9-3-16(4-10-19)13-24-22(23)27/h3-10,15,20H,11-14H2,1-2H3,(H3,23,24,27). The van der Waals surface area contributed by atoms with E-state index in [9.17, 15) is 9.59 Å². The van der Waals surface area contributed by atoms with Gasteiger partial charge in [0.25, 0.3) is 5.91 Å². The lowest BCUT2D eigenvalue weighted by molar-refractivity contribution is 0.0730. The molecule has 5 nitrogen and oxygen atoms in total. The average molecular weight is 365 g/mol. The van der Waals surface area contributed by atoms with E-state index in [1.807, 2.05) is 29.2 Å². The third kappa shape index (κ3) is 5.09. The molecule has 0 spiro atoms. The highest BCUT2D eigenvalue weighted by atomic mass is 16.2. The second-order valence-electron chi connectivity index (χ2n) is 7.48. The molecule has 2 aromatic rings. The van der Waals surface area contributed by atoms with Crippen LogP contribution in [0.3, 0.4) is 0 Å². The summed E-state index contributed by atoms with van der Waals surface area (Å²) in [6.45, 7) is 5.35. The monoisotopic (exact) mass is 365 g/mol. The molecule has 0 unspecified atom stereocenters. The van der Waals surface area contributed by atoms with E-state index >= 15 is 0 Å². The van der Waals surface area contributed by atoms with Crippen LogP contribution in [0.1, 0.15) is 59.7 Å². The van der Waals surface area contributed by atoms with Crippen molar-refractivity contribution in [2.45, 2.75) is 51.7 Å². The molecule has 27 heavy (non-hydrogen) atoms. The molecule has 0 aromatic heterocycles. The summed E-state index contributed by atoms with van der Waals surface area (Å²) in [5.74, 6) is 0.558. The number of primary amides is 1. The zero-order chi connectivity index (χ0) is 19.4. The maximum atomic E-state index is 13.0. The van der Waals surface area contributed by atoms with E-state index in [2.05, 4.69) is 43.4 Å². The first-order valence-corrected chi connectivity index (χ1v) is 9.46. The topological polar surface area (TPSA) is 75.4 Å². The zero-order valence-electron chi connectivity index (χ0n) is 15.9. The molecule has 1 aliphatic carbocycles. The van der Waals surface area contributed by atoms with Gasteiger partial charge in [-0.3, -0.25) is 4.79 Å². The maximum Gasteiger partial charge on any atom is 0.312 e. The van der Waals surface area contributed by atoms with Crippen LogP contribution in [-0.4, -0.2) is 22.9 Å². The molecule has 1 saturated carbocycles. The van der Waals surface area contributed by atoms with Crippen LogP contribution >= 0.6 is 0 Å². The SMILES string of the molecule is CC(C)c1ccc(CN(C(=O)c2ccc(CNC(N)=O)cc2)C2CC2)cc1. The minimum absolute atomic E-state index is 0.0554. The van der Waals surface area contributed by atoms with Crippen molar-refractivity contribution < 1.29 is 9.59 Å². The van der Waals surface area contributed by atoms with Crippen molar-refractivity contribution in [1.29, 1.82) is 0 Å². The lowest BCUT2D eigenvalue weighted by Gasteiger charge is -2.23. The van der Waals surface area contributed by atoms with Gasteiger partial charge in [-0.15, -0.1) is 0 Å². The van der Waals surface area contributed by atoms with E-state index in [-0.39, 0.29) is 5.91 Å². The second kappa shape index (κ2) is 8.25. The highest BCUT2D eigenvalue weighted by Crippen LogP contribution is 2.30. The normalized spacial score (nSPS) is 13.4. The van der Waals surface area contributed by atoms with Crippen molar-refractivity contribution in [1.82, 2.24) is 10.2 Å². The van der Waals surface area contributed by atoms with E-state index in [0.29, 0.717) is 30.6 Å². The molecule has 3 rings (SSSR count). The summed E-state index contributed by atoms with van der Waals surface area (Å²) >= 11 is 0. The van der Waals surface area contributed by atoms with Gasteiger partial charge in [0, 0.05) is 24.7 Å². The summed E-state index contributed by atoms with van der Waals surface area (Å²) in [6.07, 6.45) is 2.13. The van der Waals surface area contributed by atoms with Crippen molar-refractivity contribution in [2.75, 3.05) is 0 Å². The molecule has 0 atom stereocenters. The summed E-state index contributed by atoms with van der Waals surface area (Å²) in [6, 6.07) is 15.7. The molecule has 1 aliphatic rings. The Kier molecular flexibility index (Phi) is 5.79. The summed E-state index contributed by atoms with van der Waals surface area (Å²) < 4.78 is 0. The van der Waals surface area contributed by atoms with Gasteiger partial charge in [-0.05, 0) is 47.6 Å². The number of carbonyl (C=O) groups excluding carboxylic acids is 2. The van der Waals surface area contributed by atoms with Crippen LogP contribution in [0.15, 0.2) is 48.5 Å². The van der Waals surface area contributed by atoms with E-state index in [1.165, 1.54) is 5.56 Å². The van der Waals surface area contributed by atoms with Crippen molar-refractivity contribution in [2.24, 2.45) is 5.73 Å². The van der Waals surface area contributed by atoms with Gasteiger partial charge in [0.2, 0.25) is 0 Å². The number of amides is 3. The zero-order valence-corrected chi connectivity index (χ0v) is 15.9. The van der Waals surface area contributed by atoms with Crippen LogP contribution in [0.4, 0.5) is 4.79 Å². The van der Waals surface area contributed by atoms with Gasteiger partial charge < -0.3 is 16.0 Å². The number of nitrogens with one attached hydrogen (secondary N) is 1. The molecule has 0 bridgehead atoms. The first-order chi connectivity index (χ1) is 12.9. The minimum atomic E-state index is -0.557. The smallest absolute Gasteiger partial charge is 0.312 e. The van der Waals surface area contributed by atoms with Crippen LogP contribution in [0.25, 0.3) is 0 Å². The number of rotatable bonds is 7. The van der Waals surface area contributed by atoms with Gasteiger partial charge in [0.05, 0.1) is 0 Å². The van der Waals surface area contributed by atoms with Crippen LogP contribution in [0.2, 0.25) is 0 Å². The third-order valence-corrected chi connectivity index (χ3v) is 4.92. The van der Waals surface area contributed by atoms with Crippen molar-refractivity contribution in [3.05, 3.63) is 70.8 Å². The van der Waals surface area contributed by atoms with E-state index in [1.54, 1.807) is 0 Å². The van der Waals surface area contributed by atoms with Crippen LogP contribution in [-0.2, 0) is 13.1 Å². The van der Waals surface area contributed by atoms with Crippen molar-refractivity contribution in [3.8, 4) is 0 Å². The molecule has 142 valence electrons. The van der Waals surface area contributed by atoms with Gasteiger partial charge in [0.1, 0.15) is 0 Å². The lowest BCUT2D eigenvalue weighted by atomic mass is 10.0. The van der Waals surface area contributed by atoms with Gasteiger partial charge in [-0.2, -0.15) is 0 Å². The van der Waals surface area contributed by atoms with Crippen molar-refractivity contribution in [3.63, 3.8) is 0 Å². The van der Waals surface area contributed by atoms with Crippen LogP contribution in [0.5, 0.6) is 0 Å². The number of benzene rings is 2. The first-order valence-electron chi connectivity index (χ1n) is 9.46. The Bertz CT molecular complexity index is 793. The van der Waals surface area contributed by atoms with Gasteiger partial charge >= 0.3 is 6.03 Å². The van der Waals surface area contributed by atoms with Crippen LogP contribution < -0.4 is 11.1 Å². The number of carbonyl (C=O) groups is 2. The first kappa shape index (κ1) is 19.0. The summed E-state index contributed by atoms with van der Waals surface area (Å²) in [5, 5.41) is 2.55. The Labute approximate surface area is 160 Å². The van der Waals surface area contributed by atoms with Gasteiger partial charge in [-0.1, -0.05) is 50.2 Å². The number of nitrogens with zero attached hydrogens (tertiary/aromatic N) is 1. The lowest BCUT2D eigenvalue weighted by Crippen LogP contribution is -2.32. The Hall–Kier alpha value is -2.82. The molecule has 0 aliphatic heterocycles. The fourth-order valence-electron chi connectivity index (χ4n) is 3.08. The molecular formula is C22H27N3O2. The van der Waals surface area contributed by atoms with E-state index in [4.69, 9.17) is 5.73 Å². The Morgan fingerprint density at radius 2 is 1.63 bits per heavy atom. The van der Waals surface area contributed by atoms with Gasteiger partial charge in [0.15, 0.2) is 0 Å². The Morgan fingerprint density at radius 3 is 2.15 bits per heavy atom. The highest BCUT2D eigenvalue weighted by molar-refractivity contribution is 5.94. The van der Waals surface area contributed by atoms with Crippen molar-refractivity contribution >= 4 is 11.9 Å². The molecule has 2 aromatic carbocycles. The number of nitrogens with two attached hydrogens (primary N) is 1. The Morgan fingerprint density at radius 1 is 1.04 bits per heavy atom. The predicted molar refractivity (Wildman–Crippen MR) is 106 cm³/mol. The second-order valence-corrected chi connectivity index (χ2v) is 7.48. The van der Waals surface area contributed by atoms with E-state index in [0.717, 1.165) is 24.0 Å². The maximum absolute atomic E-state index is 13.0. The molecule has 5 heteroatoms. The average Bonchev–Trinajstić information content (AvgIpc) is 3.50. The fraction of sp³-hybridized carbons (Fsp3) is 0.364. The van der Waals surface area contributed by atoms with Gasteiger partial charge in [-0.25, -0.2) is 4.79 Å². The minimum Gasteiger partial charge on any atom is -0.352 e. The summed E-state index contributed by atoms with van der Waals surface area (Å²) in [5.41, 5.74) is 9.13. The quantitative estimate of drug-likeness (QED) is 0.783. The van der Waals surface area contributed by atoms with E-state index < -0.39 is 6.03 Å². The molecule has 0 saturated heterocycles. The highest BCUT2D eigenvalue weighted by Gasteiger charge is 2.33. The third-order valence-electron chi connectivity index (χ3n) is 4.92. The summed E-state index contributed by atoms with van der Waals surface area (Å²) in [7, 11) is 0. The molecule has 0 heterocycles. The number of hydrogen-bond acceptors (Lipinski definition) is 2. The van der Waals surface area contributed by atoms with Crippen LogP contribution in [0, 0.1) is 0 Å².